The Hall–Kier alpha value is -0.225. The fraction of sp³-hybridized carbons (Fsp3) is 1.00. The fourth-order valence-electron chi connectivity index (χ4n) is 0.711. The molecule has 0 rings (SSSR count). The molecule has 6 heteroatoms. The summed E-state index contributed by atoms with van der Waals surface area (Å²) < 4.78 is 36.1. The summed E-state index contributed by atoms with van der Waals surface area (Å²) in [6.45, 7) is 4.50. The molecule has 0 aromatic heterocycles. The van der Waals surface area contributed by atoms with Crippen molar-refractivity contribution in [3.63, 3.8) is 0 Å². The van der Waals surface area contributed by atoms with E-state index in [2.05, 4.69) is 5.32 Å². The van der Waals surface area contributed by atoms with Gasteiger partial charge in [-0.25, -0.2) is 0 Å². The second-order valence-electron chi connectivity index (χ2n) is 2.97. The standard InChI is InChI=1S/C7H13BF3NO.C2H6/c1-5(2-8)12-3-6(4-13)7(9,10)11;1-2/h5-6,12-13H,2-4H2,1H3;1-2H3. The number of hydrogen-bond donors (Lipinski definition) is 2. The van der Waals surface area contributed by atoms with Crippen LogP contribution in [0.5, 0.6) is 0 Å². The predicted molar refractivity (Wildman–Crippen MR) is 56.0 cm³/mol. The van der Waals surface area contributed by atoms with Crippen molar-refractivity contribution in [1.82, 2.24) is 5.32 Å². The second kappa shape index (κ2) is 9.03. The maximum Gasteiger partial charge on any atom is 0.395 e. The number of aliphatic hydroxyl groups excluding tert-OH is 1. The summed E-state index contributed by atoms with van der Waals surface area (Å²) in [5, 5.41) is 11.0. The summed E-state index contributed by atoms with van der Waals surface area (Å²) in [5.74, 6) is -1.71. The molecule has 0 bridgehead atoms. The Balaban J connectivity index is 0. The highest BCUT2D eigenvalue weighted by Crippen LogP contribution is 2.25. The maximum absolute atomic E-state index is 12.0. The normalized spacial score (nSPS) is 15.1. The monoisotopic (exact) mass is 225 g/mol. The van der Waals surface area contributed by atoms with Gasteiger partial charge < -0.3 is 10.4 Å². The Morgan fingerprint density at radius 1 is 1.33 bits per heavy atom. The third-order valence-corrected chi connectivity index (χ3v) is 1.75. The minimum absolute atomic E-state index is 0.170. The van der Waals surface area contributed by atoms with E-state index < -0.39 is 18.7 Å². The third-order valence-electron chi connectivity index (χ3n) is 1.75. The highest BCUT2D eigenvalue weighted by Gasteiger charge is 2.38. The van der Waals surface area contributed by atoms with Crippen molar-refractivity contribution in [3.05, 3.63) is 0 Å². The van der Waals surface area contributed by atoms with E-state index in [0.29, 0.717) is 0 Å². The summed E-state index contributed by atoms with van der Waals surface area (Å²) in [6.07, 6.45) is -4.08. The van der Waals surface area contributed by atoms with Gasteiger partial charge in [-0.2, -0.15) is 13.2 Å². The number of hydrogen-bond acceptors (Lipinski definition) is 2. The zero-order chi connectivity index (χ0) is 12.5. The summed E-state index contributed by atoms with van der Waals surface area (Å²) >= 11 is 0. The Labute approximate surface area is 90.7 Å². The Bertz CT molecular complexity index is 144. The van der Waals surface area contributed by atoms with Crippen LogP contribution >= 0.6 is 0 Å². The topological polar surface area (TPSA) is 32.3 Å². The van der Waals surface area contributed by atoms with Crippen molar-refractivity contribution < 1.29 is 18.3 Å². The van der Waals surface area contributed by atoms with Gasteiger partial charge in [0.2, 0.25) is 0 Å². The summed E-state index contributed by atoms with van der Waals surface area (Å²) in [7, 11) is 5.20. The SMILES string of the molecule is CC.[B]CC(C)NCC(CO)C(F)(F)F. The molecular weight excluding hydrogens is 206 g/mol. The first-order chi connectivity index (χ1) is 6.91. The summed E-state index contributed by atoms with van der Waals surface area (Å²) in [4.78, 5) is 0. The molecule has 15 heavy (non-hydrogen) atoms. The van der Waals surface area contributed by atoms with Crippen LogP contribution < -0.4 is 5.32 Å². The molecule has 0 amide bonds. The minimum Gasteiger partial charge on any atom is -0.396 e. The molecule has 2 N–H and O–H groups in total. The lowest BCUT2D eigenvalue weighted by molar-refractivity contribution is -0.182. The lowest BCUT2D eigenvalue weighted by Gasteiger charge is -2.20. The van der Waals surface area contributed by atoms with E-state index in [1.165, 1.54) is 0 Å². The van der Waals surface area contributed by atoms with Gasteiger partial charge in [-0.3, -0.25) is 0 Å². The van der Waals surface area contributed by atoms with E-state index in [1.54, 1.807) is 6.92 Å². The molecule has 0 fully saturated rings. The van der Waals surface area contributed by atoms with Gasteiger partial charge in [0.25, 0.3) is 0 Å². The highest BCUT2D eigenvalue weighted by atomic mass is 19.4. The second-order valence-corrected chi connectivity index (χ2v) is 2.97. The van der Waals surface area contributed by atoms with Crippen molar-refractivity contribution in [1.29, 1.82) is 0 Å². The lowest BCUT2D eigenvalue weighted by Crippen LogP contribution is -2.39. The van der Waals surface area contributed by atoms with E-state index in [-0.39, 0.29) is 18.9 Å². The summed E-state index contributed by atoms with van der Waals surface area (Å²) in [5.41, 5.74) is 0. The lowest BCUT2D eigenvalue weighted by atomic mass is 9.98. The number of nitrogens with one attached hydrogen (secondary N) is 1. The largest absolute Gasteiger partial charge is 0.396 e. The van der Waals surface area contributed by atoms with E-state index in [0.717, 1.165) is 0 Å². The third kappa shape index (κ3) is 8.75. The molecule has 0 aliphatic carbocycles. The van der Waals surface area contributed by atoms with Gasteiger partial charge in [-0.1, -0.05) is 27.1 Å². The van der Waals surface area contributed by atoms with Crippen LogP contribution in [-0.2, 0) is 0 Å². The number of rotatable bonds is 5. The van der Waals surface area contributed by atoms with Gasteiger partial charge >= 0.3 is 6.18 Å². The van der Waals surface area contributed by atoms with Crippen LogP contribution in [0.3, 0.4) is 0 Å². The molecule has 0 aromatic rings. The molecule has 0 aromatic carbocycles. The minimum atomic E-state index is -4.35. The molecule has 2 unspecified atom stereocenters. The van der Waals surface area contributed by atoms with Crippen LogP contribution in [0.1, 0.15) is 20.8 Å². The molecule has 0 aliphatic heterocycles. The average molecular weight is 225 g/mol. The van der Waals surface area contributed by atoms with Crippen molar-refractivity contribution in [2.45, 2.75) is 39.3 Å². The molecule has 0 spiro atoms. The number of aliphatic hydroxyl groups is 1. The molecule has 0 heterocycles. The Morgan fingerprint density at radius 3 is 2.07 bits per heavy atom. The molecule has 90 valence electrons. The van der Waals surface area contributed by atoms with Crippen LogP contribution in [0.15, 0.2) is 0 Å². The van der Waals surface area contributed by atoms with E-state index >= 15 is 0 Å². The maximum atomic E-state index is 12.0. The van der Waals surface area contributed by atoms with Crippen molar-refractivity contribution in [2.24, 2.45) is 5.92 Å². The smallest absolute Gasteiger partial charge is 0.395 e. The van der Waals surface area contributed by atoms with Gasteiger partial charge in [0.05, 0.1) is 20.4 Å². The van der Waals surface area contributed by atoms with Crippen LogP contribution in [0.2, 0.25) is 6.32 Å². The molecule has 0 saturated carbocycles. The van der Waals surface area contributed by atoms with E-state index in [1.807, 2.05) is 13.8 Å². The zero-order valence-electron chi connectivity index (χ0n) is 9.43. The number of halogens is 3. The summed E-state index contributed by atoms with van der Waals surface area (Å²) in [6, 6.07) is -0.170. The predicted octanol–water partition coefficient (Wildman–Crippen LogP) is 1.75. The molecule has 2 nitrogen and oxygen atoms in total. The van der Waals surface area contributed by atoms with Gasteiger partial charge in [-0.15, -0.1) is 0 Å². The van der Waals surface area contributed by atoms with Crippen LogP contribution in [0.4, 0.5) is 13.2 Å². The molecule has 2 atom stereocenters. The van der Waals surface area contributed by atoms with Gasteiger partial charge in [0.15, 0.2) is 0 Å². The Morgan fingerprint density at radius 2 is 1.80 bits per heavy atom. The van der Waals surface area contributed by atoms with Crippen LogP contribution in [-0.4, -0.2) is 38.3 Å². The first-order valence-electron chi connectivity index (χ1n) is 5.02. The quantitative estimate of drug-likeness (QED) is 0.698. The van der Waals surface area contributed by atoms with Crippen molar-refractivity contribution >= 4 is 7.85 Å². The molecule has 0 aliphatic rings. The van der Waals surface area contributed by atoms with E-state index in [4.69, 9.17) is 13.0 Å². The van der Waals surface area contributed by atoms with Gasteiger partial charge in [0.1, 0.15) is 0 Å². The molecule has 0 saturated heterocycles. The van der Waals surface area contributed by atoms with Gasteiger partial charge in [0, 0.05) is 6.54 Å². The van der Waals surface area contributed by atoms with Crippen molar-refractivity contribution in [3.8, 4) is 0 Å². The molecular formula is C9H19BF3NO. The molecule has 2 radical (unpaired) electrons. The average Bonchev–Trinajstić information content (AvgIpc) is 2.19. The first kappa shape index (κ1) is 17.2. The van der Waals surface area contributed by atoms with Crippen LogP contribution in [0, 0.1) is 5.92 Å². The highest BCUT2D eigenvalue weighted by molar-refractivity contribution is 6.08. The number of alkyl halides is 3. The van der Waals surface area contributed by atoms with Gasteiger partial charge in [-0.05, 0) is 6.04 Å². The van der Waals surface area contributed by atoms with Crippen molar-refractivity contribution in [2.75, 3.05) is 13.2 Å². The zero-order valence-corrected chi connectivity index (χ0v) is 9.43. The van der Waals surface area contributed by atoms with E-state index in [9.17, 15) is 13.2 Å². The first-order valence-corrected chi connectivity index (χ1v) is 5.02. The fourth-order valence-corrected chi connectivity index (χ4v) is 0.711. The Kier molecular flexibility index (Phi) is 10.3. The van der Waals surface area contributed by atoms with Crippen LogP contribution in [0.25, 0.3) is 0 Å².